The van der Waals surface area contributed by atoms with Gasteiger partial charge in [0.05, 0.1) is 4.88 Å². The molecule has 18 bridgehead atoms. The van der Waals surface area contributed by atoms with E-state index in [2.05, 4.69) is 148 Å². The molecular weight excluding hydrogens is 1650 g/mol. The molecule has 0 spiro atoms. The standard InChI is InChI=1S/C116H168S8/c1-5-9-13-17-21-25-29-33-37-41-45-49-53-57-61-65-69-93-89-94(70-66-62-58-54-50-46-42-38-34-30-26-22-18-14-10-6-2)99-91-98(93)103-74-79-108(119-103)107-78-73-102(118-107)97-87-88-117-116(97)115-86-77-106(122-115)101-92-100(105-76-81-110(121-105)112-83-85-114(124-112)113-84-82-111(123-113)109-80-75-104(99)120-109)95(71-67-63-59-55-51-47-43-39-35-31-27-23-19-15-11-7-3)90-96(101)72-68-64-60-56-52-48-44-40-36-32-28-24-20-16-12-8-4/h73-92H,5-72H2,1-4H3. The van der Waals surface area contributed by atoms with Crippen molar-refractivity contribution in [2.45, 2.75) is 464 Å². The Bertz CT molecular complexity index is 4380. The summed E-state index contributed by atoms with van der Waals surface area (Å²) in [5.41, 5.74) is 13.6. The maximum absolute atomic E-state index is 2.75. The fourth-order valence-corrected chi connectivity index (χ4v) is 28.3. The van der Waals surface area contributed by atoms with Gasteiger partial charge >= 0.3 is 0 Å². The van der Waals surface area contributed by atoms with Gasteiger partial charge in [0, 0.05) is 73.8 Å². The maximum atomic E-state index is 2.75. The van der Waals surface area contributed by atoms with Gasteiger partial charge in [-0.15, -0.1) is 90.7 Å². The Labute approximate surface area is 791 Å². The number of rotatable bonds is 68. The van der Waals surface area contributed by atoms with Crippen LogP contribution in [-0.2, 0) is 25.7 Å². The van der Waals surface area contributed by atoms with Crippen molar-refractivity contribution >= 4 is 90.7 Å². The molecule has 0 aliphatic carbocycles. The average molecular weight is 1820 g/mol. The van der Waals surface area contributed by atoms with Gasteiger partial charge in [-0.2, -0.15) is 0 Å². The van der Waals surface area contributed by atoms with E-state index in [1.165, 1.54) is 512 Å². The van der Waals surface area contributed by atoms with E-state index in [1.807, 2.05) is 90.7 Å². The molecule has 1 aliphatic heterocycles. The largest absolute Gasteiger partial charge is 0.142 e. The molecule has 2 aromatic carbocycles. The molecule has 9 heterocycles. The summed E-state index contributed by atoms with van der Waals surface area (Å²) in [6.45, 7) is 9.32. The van der Waals surface area contributed by atoms with Crippen molar-refractivity contribution in [3.05, 3.63) is 143 Å². The summed E-state index contributed by atoms with van der Waals surface area (Å²) in [6, 6.07) is 47.8. The lowest BCUT2D eigenvalue weighted by Crippen LogP contribution is -1.97. The molecule has 680 valence electrons. The minimum atomic E-state index is 1.15. The fraction of sp³-hybridized carbons (Fsp3) is 0.621. The fourth-order valence-electron chi connectivity index (χ4n) is 19.6. The molecule has 8 heteroatoms. The maximum Gasteiger partial charge on any atom is 0.0529 e. The second-order valence-electron chi connectivity index (χ2n) is 37.9. The summed E-state index contributed by atoms with van der Waals surface area (Å²) in [5.74, 6) is 0. The third-order valence-electron chi connectivity index (χ3n) is 27.3. The number of unbranched alkanes of at least 4 members (excludes halogenated alkanes) is 60. The third kappa shape index (κ3) is 35.6. The lowest BCUT2D eigenvalue weighted by molar-refractivity contribution is 0.529. The van der Waals surface area contributed by atoms with Gasteiger partial charge in [-0.25, -0.2) is 0 Å². The zero-order chi connectivity index (χ0) is 85.7. The third-order valence-corrected chi connectivity index (χ3v) is 36.9. The molecular formula is C116H168S8. The lowest BCUT2D eigenvalue weighted by Gasteiger charge is -2.16. The molecule has 0 amide bonds. The van der Waals surface area contributed by atoms with E-state index >= 15 is 0 Å². The Balaban J connectivity index is 0.834. The second-order valence-corrected chi connectivity index (χ2v) is 46.4. The van der Waals surface area contributed by atoms with Crippen molar-refractivity contribution in [2.24, 2.45) is 0 Å². The van der Waals surface area contributed by atoms with Crippen molar-refractivity contribution < 1.29 is 0 Å². The van der Waals surface area contributed by atoms with Gasteiger partial charge in [-0.3, -0.25) is 0 Å². The first kappa shape index (κ1) is 101. The van der Waals surface area contributed by atoms with Crippen LogP contribution in [0, 0.1) is 0 Å². The van der Waals surface area contributed by atoms with Gasteiger partial charge in [0.1, 0.15) is 0 Å². The summed E-state index contributed by atoms with van der Waals surface area (Å²) >= 11 is 16.1. The predicted molar refractivity (Wildman–Crippen MR) is 570 cm³/mol. The first-order valence-electron chi connectivity index (χ1n) is 52.6. The highest BCUT2D eigenvalue weighted by molar-refractivity contribution is 7.29. The number of benzene rings is 2. The van der Waals surface area contributed by atoms with Crippen LogP contribution in [0.3, 0.4) is 0 Å². The molecule has 0 nitrogen and oxygen atoms in total. The molecule has 124 heavy (non-hydrogen) atoms. The molecule has 1 aliphatic rings. The van der Waals surface area contributed by atoms with Crippen LogP contribution < -0.4 is 0 Å². The molecule has 0 saturated carbocycles. The molecule has 0 radical (unpaired) electrons. The quantitative estimate of drug-likeness (QED) is 0.0333. The number of hydrogen-bond donors (Lipinski definition) is 0. The molecule has 10 aromatic rings. The van der Waals surface area contributed by atoms with Crippen molar-refractivity contribution in [1.29, 1.82) is 0 Å². The summed E-state index contributed by atoms with van der Waals surface area (Å²) in [4.78, 5) is 21.0. The normalized spacial score (nSPS) is 12.0. The number of hydrogen-bond acceptors (Lipinski definition) is 8. The van der Waals surface area contributed by atoms with Crippen molar-refractivity contribution in [1.82, 2.24) is 0 Å². The van der Waals surface area contributed by atoms with Crippen molar-refractivity contribution in [3.8, 4) is 101 Å². The zero-order valence-corrected chi connectivity index (χ0v) is 85.4. The molecule has 0 N–H and O–H groups in total. The van der Waals surface area contributed by atoms with Gasteiger partial charge < -0.3 is 0 Å². The van der Waals surface area contributed by atoms with Crippen LogP contribution in [0.5, 0.6) is 0 Å². The predicted octanol–water partition coefficient (Wildman–Crippen LogP) is 44.4. The summed E-state index contributed by atoms with van der Waals surface area (Å²) in [5, 5.41) is 2.37. The van der Waals surface area contributed by atoms with E-state index in [0.29, 0.717) is 0 Å². The Kier molecular flexibility index (Phi) is 50.0. The summed E-state index contributed by atoms with van der Waals surface area (Å²) < 4.78 is 0. The lowest BCUT2D eigenvalue weighted by atomic mass is 9.90. The van der Waals surface area contributed by atoms with Crippen LogP contribution in [0.1, 0.15) is 461 Å². The van der Waals surface area contributed by atoms with Gasteiger partial charge in [-0.1, -0.05) is 425 Å². The van der Waals surface area contributed by atoms with Gasteiger partial charge in [0.15, 0.2) is 0 Å². The molecule has 8 aromatic heterocycles. The van der Waals surface area contributed by atoms with E-state index in [9.17, 15) is 0 Å². The highest BCUT2D eigenvalue weighted by Crippen LogP contribution is 2.52. The van der Waals surface area contributed by atoms with E-state index in [1.54, 1.807) is 22.3 Å². The topological polar surface area (TPSA) is 0 Å². The van der Waals surface area contributed by atoms with Crippen molar-refractivity contribution in [2.75, 3.05) is 0 Å². The summed E-state index contributed by atoms with van der Waals surface area (Å²) in [7, 11) is 0. The Hall–Kier alpha value is -3.96. The second kappa shape index (κ2) is 61.6. The Morgan fingerprint density at radius 3 is 0.500 bits per heavy atom. The first-order valence-corrected chi connectivity index (χ1v) is 59.2. The zero-order valence-electron chi connectivity index (χ0n) is 78.9. The minimum Gasteiger partial charge on any atom is -0.142 e. The minimum absolute atomic E-state index is 1.15. The number of aryl methyl sites for hydroxylation is 4. The number of thiophene rings is 8. The number of fused-ring (bicyclic) bond motifs is 29. The molecule has 0 atom stereocenters. The average Bonchev–Trinajstić information content (AvgIpc) is 1.66. The Morgan fingerprint density at radius 1 is 0.145 bits per heavy atom. The van der Waals surface area contributed by atoms with Gasteiger partial charge in [0.2, 0.25) is 0 Å². The molecule has 0 fully saturated rings. The molecule has 0 saturated heterocycles. The SMILES string of the molecule is CCCCCCCCCCCCCCCCCCc1cc(CCCCCCCCCCCCCCCCCC)c2cc1-c1ccc(s1)-c1ccc(s1)-c1ccc(s1)-c1ccc(s1)-c1cc(c(CCCCCCCCCCCCCCCCCC)cc1CCCCCCCCCCCCCCCCCC)-c1ccc(s1)-c1sccc1-c1ccc(s1)-c1ccc-2s1. The van der Waals surface area contributed by atoms with Gasteiger partial charge in [-0.05, 0) is 204 Å². The van der Waals surface area contributed by atoms with Crippen LogP contribution in [0.2, 0.25) is 0 Å². The highest BCUT2D eigenvalue weighted by atomic mass is 32.1. The molecule has 11 rings (SSSR count). The van der Waals surface area contributed by atoms with Crippen LogP contribution in [0.25, 0.3) is 101 Å². The Morgan fingerprint density at radius 2 is 0.298 bits per heavy atom. The van der Waals surface area contributed by atoms with E-state index < -0.39 is 0 Å². The van der Waals surface area contributed by atoms with Crippen LogP contribution in [0.15, 0.2) is 121 Å². The van der Waals surface area contributed by atoms with Crippen LogP contribution >= 0.6 is 90.7 Å². The van der Waals surface area contributed by atoms with Gasteiger partial charge in [0.25, 0.3) is 0 Å². The first-order chi connectivity index (χ1) is 61.5. The smallest absolute Gasteiger partial charge is 0.0529 e. The van der Waals surface area contributed by atoms with Crippen LogP contribution in [-0.4, -0.2) is 0 Å². The van der Waals surface area contributed by atoms with Crippen molar-refractivity contribution in [3.63, 3.8) is 0 Å². The van der Waals surface area contributed by atoms with E-state index in [-0.39, 0.29) is 0 Å². The van der Waals surface area contributed by atoms with E-state index in [0.717, 1.165) is 25.7 Å². The molecule has 0 unspecified atom stereocenters. The van der Waals surface area contributed by atoms with E-state index in [4.69, 9.17) is 0 Å². The monoisotopic (exact) mass is 1820 g/mol. The highest BCUT2D eigenvalue weighted by Gasteiger charge is 2.24. The summed E-state index contributed by atoms with van der Waals surface area (Å²) in [6.07, 6.45) is 94.4. The van der Waals surface area contributed by atoms with Crippen LogP contribution in [0.4, 0.5) is 0 Å².